The molecular formula is C19H24O7. The third-order valence-corrected chi connectivity index (χ3v) is 6.97. The molecule has 0 aromatic rings. The van der Waals surface area contributed by atoms with Gasteiger partial charge in [0, 0.05) is 31.1 Å². The van der Waals surface area contributed by atoms with Crippen molar-refractivity contribution in [2.45, 2.75) is 51.6 Å². The molecule has 3 aliphatic carbocycles. The predicted octanol–water partition coefficient (Wildman–Crippen LogP) is 0.649. The normalized spacial score (nSPS) is 42.0. The van der Waals surface area contributed by atoms with E-state index in [1.54, 1.807) is 6.92 Å². The highest BCUT2D eigenvalue weighted by atomic mass is 16.5. The van der Waals surface area contributed by atoms with Crippen molar-refractivity contribution in [1.82, 2.24) is 0 Å². The second-order valence-electron chi connectivity index (χ2n) is 8.13. The predicted molar refractivity (Wildman–Crippen MR) is 87.8 cm³/mol. The molecule has 0 unspecified atom stereocenters. The Morgan fingerprint density at radius 1 is 1.27 bits per heavy atom. The molecule has 3 saturated carbocycles. The van der Waals surface area contributed by atoms with Crippen LogP contribution < -0.4 is 0 Å². The summed E-state index contributed by atoms with van der Waals surface area (Å²) in [5, 5.41) is 11.2. The average molecular weight is 364 g/mol. The lowest BCUT2D eigenvalue weighted by molar-refractivity contribution is -0.173. The zero-order valence-electron chi connectivity index (χ0n) is 15.0. The maximum Gasteiger partial charge on any atom is 0.303 e. The molecule has 6 atom stereocenters. The fraction of sp³-hybridized carbons (Fsp3) is 0.737. The summed E-state index contributed by atoms with van der Waals surface area (Å²) in [6, 6.07) is 0. The standard InChI is InChI=1S/C19H24O7/c1-10(21)26-9-16(24)19(25)6-5-13-11-3-4-14(22)12(8-20)17(11)15(23)7-18(13,19)2/h8,11-13,17,25H,3-7,9H2,1-2H3/t11-,12+,13-,17-,18-,19+/m1/s1. The lowest BCUT2D eigenvalue weighted by Gasteiger charge is -2.52. The van der Waals surface area contributed by atoms with Crippen LogP contribution in [0.4, 0.5) is 0 Å². The van der Waals surface area contributed by atoms with E-state index in [9.17, 15) is 29.1 Å². The monoisotopic (exact) mass is 364 g/mol. The molecule has 142 valence electrons. The second-order valence-corrected chi connectivity index (χ2v) is 8.13. The summed E-state index contributed by atoms with van der Waals surface area (Å²) in [6.07, 6.45) is 1.97. The van der Waals surface area contributed by atoms with Gasteiger partial charge in [-0.15, -0.1) is 0 Å². The van der Waals surface area contributed by atoms with Crippen molar-refractivity contribution in [1.29, 1.82) is 0 Å². The third-order valence-electron chi connectivity index (χ3n) is 6.97. The van der Waals surface area contributed by atoms with Gasteiger partial charge in [-0.3, -0.25) is 19.2 Å². The summed E-state index contributed by atoms with van der Waals surface area (Å²) < 4.78 is 4.76. The number of hydrogen-bond acceptors (Lipinski definition) is 7. The molecule has 0 aromatic carbocycles. The Kier molecular flexibility index (Phi) is 4.63. The molecule has 26 heavy (non-hydrogen) atoms. The number of hydrogen-bond donors (Lipinski definition) is 1. The van der Waals surface area contributed by atoms with Gasteiger partial charge in [-0.25, -0.2) is 0 Å². The van der Waals surface area contributed by atoms with Gasteiger partial charge in [0.15, 0.2) is 6.61 Å². The van der Waals surface area contributed by atoms with Crippen LogP contribution in [0.2, 0.25) is 0 Å². The molecule has 7 nitrogen and oxygen atoms in total. The number of ether oxygens (including phenoxy) is 1. The molecule has 3 aliphatic rings. The number of Topliss-reactive ketones (excluding diaryl/α,β-unsaturated/α-hetero) is 3. The first-order valence-corrected chi connectivity index (χ1v) is 9.05. The summed E-state index contributed by atoms with van der Waals surface area (Å²) >= 11 is 0. The largest absolute Gasteiger partial charge is 0.458 e. The number of rotatable bonds is 4. The summed E-state index contributed by atoms with van der Waals surface area (Å²) in [7, 11) is 0. The van der Waals surface area contributed by atoms with Crippen molar-refractivity contribution < 1.29 is 33.8 Å². The molecule has 0 spiro atoms. The molecular weight excluding hydrogens is 340 g/mol. The smallest absolute Gasteiger partial charge is 0.303 e. The number of fused-ring (bicyclic) bond motifs is 3. The first-order chi connectivity index (χ1) is 12.2. The average Bonchev–Trinajstić information content (AvgIpc) is 2.85. The van der Waals surface area contributed by atoms with Crippen LogP contribution >= 0.6 is 0 Å². The molecule has 0 amide bonds. The van der Waals surface area contributed by atoms with Crippen molar-refractivity contribution in [3.8, 4) is 0 Å². The van der Waals surface area contributed by atoms with E-state index >= 15 is 0 Å². The van der Waals surface area contributed by atoms with E-state index in [2.05, 4.69) is 0 Å². The Hall–Kier alpha value is -1.89. The second kappa shape index (κ2) is 6.37. The zero-order chi connectivity index (χ0) is 19.3. The van der Waals surface area contributed by atoms with Crippen LogP contribution in [-0.4, -0.2) is 46.9 Å². The highest BCUT2D eigenvalue weighted by Crippen LogP contribution is 2.62. The van der Waals surface area contributed by atoms with E-state index < -0.39 is 41.2 Å². The van der Waals surface area contributed by atoms with Crippen molar-refractivity contribution in [3.63, 3.8) is 0 Å². The number of carbonyl (C=O) groups excluding carboxylic acids is 5. The van der Waals surface area contributed by atoms with Gasteiger partial charge in [0.25, 0.3) is 0 Å². The molecule has 0 bridgehead atoms. The minimum Gasteiger partial charge on any atom is -0.458 e. The summed E-state index contributed by atoms with van der Waals surface area (Å²) in [5.41, 5.74) is -2.72. The zero-order valence-corrected chi connectivity index (χ0v) is 15.0. The van der Waals surface area contributed by atoms with Crippen LogP contribution in [0.3, 0.4) is 0 Å². The summed E-state index contributed by atoms with van der Waals surface area (Å²) in [5.74, 6) is -3.51. The number of ketones is 3. The maximum absolute atomic E-state index is 12.8. The van der Waals surface area contributed by atoms with E-state index in [4.69, 9.17) is 4.74 Å². The van der Waals surface area contributed by atoms with Crippen LogP contribution in [0.25, 0.3) is 0 Å². The minimum atomic E-state index is -1.74. The number of aliphatic hydroxyl groups is 1. The van der Waals surface area contributed by atoms with Gasteiger partial charge in [0.05, 0.1) is 5.92 Å². The van der Waals surface area contributed by atoms with Crippen LogP contribution in [0, 0.1) is 29.1 Å². The first kappa shape index (κ1) is 18.9. The van der Waals surface area contributed by atoms with Gasteiger partial charge in [-0.1, -0.05) is 6.92 Å². The van der Waals surface area contributed by atoms with E-state index in [0.717, 1.165) is 0 Å². The van der Waals surface area contributed by atoms with Crippen LogP contribution in [0.5, 0.6) is 0 Å². The highest BCUT2D eigenvalue weighted by Gasteiger charge is 2.67. The molecule has 0 radical (unpaired) electrons. The Morgan fingerprint density at radius 3 is 2.58 bits per heavy atom. The number of esters is 1. The van der Waals surface area contributed by atoms with Crippen LogP contribution in [-0.2, 0) is 28.7 Å². The van der Waals surface area contributed by atoms with E-state index in [1.807, 2.05) is 0 Å². The van der Waals surface area contributed by atoms with Gasteiger partial charge in [0.2, 0.25) is 5.78 Å². The lowest BCUT2D eigenvalue weighted by atomic mass is 9.51. The van der Waals surface area contributed by atoms with E-state index in [0.29, 0.717) is 19.1 Å². The van der Waals surface area contributed by atoms with Crippen molar-refractivity contribution in [2.24, 2.45) is 29.1 Å². The third kappa shape index (κ3) is 2.55. The Labute approximate surface area is 151 Å². The topological polar surface area (TPSA) is 115 Å². The van der Waals surface area contributed by atoms with Gasteiger partial charge in [0.1, 0.15) is 23.5 Å². The molecule has 7 heteroatoms. The molecule has 0 aliphatic heterocycles. The number of aldehydes is 1. The van der Waals surface area contributed by atoms with Crippen LogP contribution in [0.1, 0.15) is 46.0 Å². The van der Waals surface area contributed by atoms with Gasteiger partial charge in [-0.2, -0.15) is 0 Å². The molecule has 0 heterocycles. The van der Waals surface area contributed by atoms with Crippen molar-refractivity contribution in [2.75, 3.05) is 6.61 Å². The fourth-order valence-electron chi connectivity index (χ4n) is 5.64. The summed E-state index contributed by atoms with van der Waals surface area (Å²) in [4.78, 5) is 59.9. The minimum absolute atomic E-state index is 0.0568. The lowest BCUT2D eigenvalue weighted by Crippen LogP contribution is -2.60. The quantitative estimate of drug-likeness (QED) is 0.442. The molecule has 3 fully saturated rings. The van der Waals surface area contributed by atoms with Gasteiger partial charge < -0.3 is 14.6 Å². The SMILES string of the molecule is CC(=O)OCC(=O)[C@@]1(O)CC[C@@H]2[C@H]3CCC(=O)[C@H](C=O)[C@@H]3C(=O)C[C@]21C. The van der Waals surface area contributed by atoms with Crippen LogP contribution in [0.15, 0.2) is 0 Å². The Morgan fingerprint density at radius 2 is 1.96 bits per heavy atom. The van der Waals surface area contributed by atoms with Crippen molar-refractivity contribution >= 4 is 29.6 Å². The molecule has 0 saturated heterocycles. The van der Waals surface area contributed by atoms with E-state index in [-0.39, 0.29) is 42.7 Å². The maximum atomic E-state index is 12.8. The summed E-state index contributed by atoms with van der Waals surface area (Å²) in [6.45, 7) is 2.40. The Balaban J connectivity index is 1.92. The van der Waals surface area contributed by atoms with Gasteiger partial charge >= 0.3 is 5.97 Å². The highest BCUT2D eigenvalue weighted by molar-refractivity contribution is 6.01. The first-order valence-electron chi connectivity index (χ1n) is 9.05. The molecule has 0 aromatic heterocycles. The van der Waals surface area contributed by atoms with Crippen molar-refractivity contribution in [3.05, 3.63) is 0 Å². The molecule has 1 N–H and O–H groups in total. The van der Waals surface area contributed by atoms with Gasteiger partial charge in [-0.05, 0) is 31.1 Å². The Bertz CT molecular complexity index is 683. The number of carbonyl (C=O) groups is 5. The van der Waals surface area contributed by atoms with E-state index in [1.165, 1.54) is 6.92 Å². The molecule has 3 rings (SSSR count). The fourth-order valence-corrected chi connectivity index (χ4v) is 5.64.